The van der Waals surface area contributed by atoms with Crippen molar-refractivity contribution in [1.29, 1.82) is 0 Å². The number of allylic oxidation sites excluding steroid dienone is 4. The standard InChI is InChI=1S/C66H99N9O19/c1-6-12-52-93-49-29-42-41-22-19-37-27-40(77)23-24-64(37,4)53(41)45(78)30-65(42,5)66(49,94-52)48(79)33-91-63(88)90-32-36-17-20-38(21-18-36)72-50(80)16-8-10-26-75(62(70)87)39-13-11-15-46(54(68)44(28-39)73-61-58(84)57(83)56(82)47(31-76)92-61)89-34-51(81)71-25-9-7-14-43(67)60(86)74-55(35(2)3)59(69)85/h17-18,20-21,23-24,27,35,39,41-43,45-47,49,52-53,55-58,61,73,76,78,82-84H,6-16,19,22,25-26,28-34,67-68H2,1-5H3,(H2,69,85)(H2,70,87)(H,71,81)(H,72,80)(H,74,86)/b54-44-/t39?,41?,42?,43-,45+,46?,47-,49-,52?,53?,55+,56+,57+,58-,61-,64+,65+,66-/m1/s1. The lowest BCUT2D eigenvalue weighted by atomic mass is 9.46. The fourth-order valence-corrected chi connectivity index (χ4v) is 15.6. The number of rotatable bonds is 29. The third-order valence-corrected chi connectivity index (χ3v) is 20.6. The Bertz CT molecular complexity index is 2980. The van der Waals surface area contributed by atoms with Gasteiger partial charge in [0, 0.05) is 60.1 Å². The highest BCUT2D eigenvalue weighted by Gasteiger charge is 2.76. The maximum absolute atomic E-state index is 14.6. The van der Waals surface area contributed by atoms with E-state index >= 15 is 0 Å². The molecule has 0 bridgehead atoms. The van der Waals surface area contributed by atoms with E-state index in [1.54, 1.807) is 50.3 Å². The van der Waals surface area contributed by atoms with Crippen LogP contribution in [0.25, 0.3) is 0 Å². The molecule has 0 radical (unpaired) electrons. The Morgan fingerprint density at radius 1 is 0.894 bits per heavy atom. The van der Waals surface area contributed by atoms with Crippen LogP contribution >= 0.6 is 0 Å². The van der Waals surface area contributed by atoms with E-state index in [9.17, 15) is 63.9 Å². The zero-order chi connectivity index (χ0) is 68.4. The molecule has 6 unspecified atom stereocenters. The van der Waals surface area contributed by atoms with E-state index in [2.05, 4.69) is 28.2 Å². The van der Waals surface area contributed by atoms with Crippen molar-refractivity contribution in [3.63, 3.8) is 0 Å². The van der Waals surface area contributed by atoms with Gasteiger partial charge in [-0.3, -0.25) is 28.8 Å². The number of urea groups is 1. The number of carbonyl (C=O) groups is 8. The number of aliphatic hydroxyl groups excluding tert-OH is 5. The van der Waals surface area contributed by atoms with Crippen molar-refractivity contribution in [2.24, 2.45) is 57.4 Å². The van der Waals surface area contributed by atoms with Crippen LogP contribution in [-0.2, 0) is 63.8 Å². The number of nitrogens with zero attached hydrogens (tertiary/aromatic N) is 1. The SMILES string of the molecule is CCCC1O[C@@H]2CC3C4CCC5=CC(=O)C=C[C@]5(C)C4[C@@H](O)C[C@]3(C)[C@]2(C(=O)COC(=O)OCc2ccc(NC(=O)CCCCN(C(N)=O)C3CCCC(OCC(=O)NCCCC[C@@H](N)C(=O)N[C@H](C(N)=O)C(C)C)/C(N)=C(/N[C@@H]4O[C@H](CO)[C@H](O)[C@H](O)[C@H]4O)C3)cc2)O1. The minimum absolute atomic E-state index is 0.00225. The zero-order valence-electron chi connectivity index (χ0n) is 54.5. The average molecular weight is 1320 g/mol. The Hall–Kier alpha value is -6.60. The highest BCUT2D eigenvalue weighted by molar-refractivity contribution is 6.01. The second-order valence-electron chi connectivity index (χ2n) is 27.1. The third kappa shape index (κ3) is 16.4. The molecular weight excluding hydrogens is 1220 g/mol. The van der Waals surface area contributed by atoms with E-state index < -0.39 is 145 Å². The van der Waals surface area contributed by atoms with Crippen molar-refractivity contribution < 1.29 is 92.3 Å². The minimum Gasteiger partial charge on any atom is -0.429 e. The number of ketones is 2. The van der Waals surface area contributed by atoms with Gasteiger partial charge in [0.05, 0.1) is 36.7 Å². The van der Waals surface area contributed by atoms with Crippen LogP contribution in [0, 0.1) is 34.5 Å². The van der Waals surface area contributed by atoms with E-state index in [1.165, 1.54) is 4.90 Å². The van der Waals surface area contributed by atoms with Gasteiger partial charge in [0.25, 0.3) is 0 Å². The maximum atomic E-state index is 14.6. The number of hydrogen-bond donors (Lipinski definition) is 13. The van der Waals surface area contributed by atoms with Gasteiger partial charge < -0.3 is 103 Å². The molecule has 3 saturated carbocycles. The molecule has 2 heterocycles. The van der Waals surface area contributed by atoms with Gasteiger partial charge in [-0.2, -0.15) is 0 Å². The van der Waals surface area contributed by atoms with Gasteiger partial charge in [-0.1, -0.05) is 64.8 Å². The van der Waals surface area contributed by atoms with Crippen molar-refractivity contribution >= 4 is 53.1 Å². The third-order valence-electron chi connectivity index (χ3n) is 20.6. The predicted molar refractivity (Wildman–Crippen MR) is 338 cm³/mol. The lowest BCUT2D eigenvalue weighted by Crippen LogP contribution is -2.63. The molecule has 0 spiro atoms. The van der Waals surface area contributed by atoms with Crippen LogP contribution in [0.4, 0.5) is 15.3 Å². The van der Waals surface area contributed by atoms with Gasteiger partial charge in [0.2, 0.25) is 29.4 Å². The molecule has 6 amide bonds. The van der Waals surface area contributed by atoms with Crippen molar-refractivity contribution in [3.05, 3.63) is 65.0 Å². The summed E-state index contributed by atoms with van der Waals surface area (Å²) in [5, 5.41) is 65.3. The van der Waals surface area contributed by atoms with E-state index in [1.807, 2.05) is 19.9 Å². The smallest absolute Gasteiger partial charge is 0.429 e. The quantitative estimate of drug-likeness (QED) is 0.0401. The lowest BCUT2D eigenvalue weighted by molar-refractivity contribution is -0.234. The number of unbranched alkanes of at least 4 members (excludes halogenated alkanes) is 2. The molecule has 94 heavy (non-hydrogen) atoms. The van der Waals surface area contributed by atoms with Crippen LogP contribution in [0.15, 0.2) is 59.5 Å². The molecule has 28 nitrogen and oxygen atoms in total. The van der Waals surface area contributed by atoms with Gasteiger partial charge >= 0.3 is 12.2 Å². The van der Waals surface area contributed by atoms with E-state index in [4.69, 9.17) is 51.4 Å². The van der Waals surface area contributed by atoms with Gasteiger partial charge in [-0.25, -0.2) is 9.59 Å². The van der Waals surface area contributed by atoms with Gasteiger partial charge in [0.1, 0.15) is 43.7 Å². The van der Waals surface area contributed by atoms with Crippen molar-refractivity contribution in [1.82, 2.24) is 20.9 Å². The molecule has 5 aliphatic carbocycles. The number of hydrogen-bond acceptors (Lipinski definition) is 22. The maximum Gasteiger partial charge on any atom is 0.509 e. The van der Waals surface area contributed by atoms with Crippen LogP contribution in [-0.4, -0.2) is 190 Å². The molecule has 2 saturated heterocycles. The summed E-state index contributed by atoms with van der Waals surface area (Å²) in [7, 11) is 0. The number of fused-ring (bicyclic) bond motifs is 7. The van der Waals surface area contributed by atoms with Gasteiger partial charge in [-0.05, 0) is 131 Å². The first-order chi connectivity index (χ1) is 44.6. The number of Topliss-reactive ketones (excluding diaryl/α,β-unsaturated/α-hetero) is 1. The van der Waals surface area contributed by atoms with Crippen LogP contribution in [0.3, 0.4) is 0 Å². The van der Waals surface area contributed by atoms with E-state index in [0.29, 0.717) is 69.0 Å². The molecular formula is C66H99N9O19. The highest BCUT2D eigenvalue weighted by Crippen LogP contribution is 2.70. The second kappa shape index (κ2) is 32.0. The molecule has 5 fully saturated rings. The molecule has 1 aromatic carbocycles. The summed E-state index contributed by atoms with van der Waals surface area (Å²) in [5.41, 5.74) is 23.7. The van der Waals surface area contributed by atoms with E-state index in [0.717, 1.165) is 18.4 Å². The largest absolute Gasteiger partial charge is 0.509 e. The topological polar surface area (TPSA) is 449 Å². The van der Waals surface area contributed by atoms with Crippen molar-refractivity contribution in [2.45, 2.75) is 223 Å². The van der Waals surface area contributed by atoms with Crippen molar-refractivity contribution in [2.75, 3.05) is 38.2 Å². The predicted octanol–water partition coefficient (Wildman–Crippen LogP) is 1.69. The fraction of sp³-hybridized carbons (Fsp3) is 0.697. The Kier molecular flexibility index (Phi) is 24.9. The van der Waals surface area contributed by atoms with E-state index in [-0.39, 0.29) is 98.6 Å². The zero-order valence-corrected chi connectivity index (χ0v) is 54.5. The average Bonchev–Trinajstić information content (AvgIpc) is 1.48. The van der Waals surface area contributed by atoms with Crippen LogP contribution in [0.2, 0.25) is 0 Å². The number of nitrogens with one attached hydrogen (secondary N) is 4. The van der Waals surface area contributed by atoms with Gasteiger partial charge in [0.15, 0.2) is 30.5 Å². The molecule has 0 aromatic heterocycles. The first kappa shape index (κ1) is 73.2. The summed E-state index contributed by atoms with van der Waals surface area (Å²) in [6.45, 7) is 8.00. The number of ether oxygens (including phenoxy) is 6. The summed E-state index contributed by atoms with van der Waals surface area (Å²) >= 11 is 0. The van der Waals surface area contributed by atoms with Crippen molar-refractivity contribution in [3.8, 4) is 0 Å². The summed E-state index contributed by atoms with van der Waals surface area (Å²) in [6.07, 6.45) is 0.0895. The summed E-state index contributed by atoms with van der Waals surface area (Å²) in [5.74, 6) is -2.90. The number of nitrogens with two attached hydrogens (primary N) is 4. The summed E-state index contributed by atoms with van der Waals surface area (Å²) in [6, 6.07) is 3.48. The molecule has 17 N–H and O–H groups in total. The molecule has 7 aliphatic rings. The molecule has 1 aromatic rings. The molecule has 8 rings (SSSR count). The van der Waals surface area contributed by atoms with Crippen LogP contribution < -0.4 is 44.2 Å². The molecule has 28 heteroatoms. The molecule has 2 aliphatic heterocycles. The Balaban J connectivity index is 0.798. The number of aliphatic hydroxyl groups is 5. The summed E-state index contributed by atoms with van der Waals surface area (Å²) < 4.78 is 35.9. The fourth-order valence-electron chi connectivity index (χ4n) is 15.6. The Labute approximate surface area is 547 Å². The first-order valence-electron chi connectivity index (χ1n) is 33.2. The highest BCUT2D eigenvalue weighted by atomic mass is 16.8. The van der Waals surface area contributed by atoms with Gasteiger partial charge in [-0.15, -0.1) is 0 Å². The normalized spacial score (nSPS) is 33.4. The number of carbonyl (C=O) groups excluding carboxylic acids is 8. The van der Waals surface area contributed by atoms with Crippen LogP contribution in [0.5, 0.6) is 0 Å². The summed E-state index contributed by atoms with van der Waals surface area (Å²) in [4.78, 5) is 105. The lowest BCUT2D eigenvalue weighted by Gasteiger charge is -2.59. The number of amides is 6. The number of anilines is 1. The van der Waals surface area contributed by atoms with Crippen LogP contribution in [0.1, 0.15) is 143 Å². The monoisotopic (exact) mass is 1320 g/mol. The number of primary amides is 2. The molecule has 18 atom stereocenters. The number of benzene rings is 1. The first-order valence-corrected chi connectivity index (χ1v) is 33.2. The molecule has 522 valence electrons. The minimum atomic E-state index is -1.73. The Morgan fingerprint density at radius 3 is 2.33 bits per heavy atom. The Morgan fingerprint density at radius 2 is 1.64 bits per heavy atom. The second-order valence-corrected chi connectivity index (χ2v) is 27.1.